The van der Waals surface area contributed by atoms with Crippen molar-refractivity contribution in [2.45, 2.75) is 31.7 Å². The van der Waals surface area contributed by atoms with Gasteiger partial charge in [-0.25, -0.2) is 4.98 Å². The van der Waals surface area contributed by atoms with E-state index < -0.39 is 0 Å². The third-order valence-corrected chi connectivity index (χ3v) is 4.98. The van der Waals surface area contributed by atoms with Crippen molar-refractivity contribution in [3.8, 4) is 0 Å². The minimum atomic E-state index is 0.283. The van der Waals surface area contributed by atoms with Gasteiger partial charge in [0.1, 0.15) is 5.82 Å². The van der Waals surface area contributed by atoms with E-state index in [9.17, 15) is 4.79 Å². The molecule has 23 heavy (non-hydrogen) atoms. The summed E-state index contributed by atoms with van der Waals surface area (Å²) in [6.07, 6.45) is 6.15. The van der Waals surface area contributed by atoms with Crippen molar-refractivity contribution in [2.24, 2.45) is 5.92 Å². The number of carbonyl (C=O) groups excluding carboxylic acids is 1. The Morgan fingerprint density at radius 2 is 2.00 bits per heavy atom. The molecule has 1 aromatic heterocycles. The van der Waals surface area contributed by atoms with Gasteiger partial charge in [0.25, 0.3) is 0 Å². The summed E-state index contributed by atoms with van der Waals surface area (Å²) in [5, 5.41) is 0. The lowest BCUT2D eigenvalue weighted by atomic mass is 10.0. The van der Waals surface area contributed by atoms with Crippen LogP contribution in [0.4, 0.5) is 5.82 Å². The number of fused-ring (bicyclic) bond motifs is 1. The predicted octanol–water partition coefficient (Wildman–Crippen LogP) is 2.47. The van der Waals surface area contributed by atoms with Gasteiger partial charge in [-0.2, -0.15) is 0 Å². The van der Waals surface area contributed by atoms with Gasteiger partial charge in [-0.1, -0.05) is 12.1 Å². The first-order chi connectivity index (χ1) is 11.2. The first kappa shape index (κ1) is 14.4. The summed E-state index contributed by atoms with van der Waals surface area (Å²) in [4.78, 5) is 25.8. The Labute approximate surface area is 136 Å². The number of benzene rings is 1. The molecule has 0 spiro atoms. The van der Waals surface area contributed by atoms with E-state index in [0.717, 1.165) is 55.6 Å². The van der Waals surface area contributed by atoms with Crippen LogP contribution in [0.1, 0.15) is 25.7 Å². The summed E-state index contributed by atoms with van der Waals surface area (Å²) < 4.78 is 0. The Bertz CT molecular complexity index is 728. The molecule has 5 nitrogen and oxygen atoms in total. The zero-order valence-electron chi connectivity index (χ0n) is 13.5. The van der Waals surface area contributed by atoms with E-state index in [-0.39, 0.29) is 12.0 Å². The lowest BCUT2D eigenvalue weighted by Crippen LogP contribution is -2.49. The number of hydrogen-bond acceptors (Lipinski definition) is 4. The largest absolute Gasteiger partial charge is 0.353 e. The summed E-state index contributed by atoms with van der Waals surface area (Å²) in [5.74, 6) is 1.53. The van der Waals surface area contributed by atoms with Crippen molar-refractivity contribution in [2.75, 3.05) is 25.0 Å². The SMILES string of the molecule is CN(C(=O)C1CC1)C1CCCN(c2cnc3ccccc3n2)C1. The number of anilines is 1. The maximum absolute atomic E-state index is 12.3. The van der Waals surface area contributed by atoms with Crippen LogP contribution in [-0.4, -0.2) is 47.0 Å². The molecule has 1 amide bonds. The second kappa shape index (κ2) is 5.80. The number of piperidine rings is 1. The third kappa shape index (κ3) is 2.87. The van der Waals surface area contributed by atoms with Crippen LogP contribution >= 0.6 is 0 Å². The number of para-hydroxylation sites is 2. The van der Waals surface area contributed by atoms with Crippen LogP contribution in [0.3, 0.4) is 0 Å². The number of nitrogens with zero attached hydrogens (tertiary/aromatic N) is 4. The highest BCUT2D eigenvalue weighted by molar-refractivity contribution is 5.81. The first-order valence-electron chi connectivity index (χ1n) is 8.46. The van der Waals surface area contributed by atoms with E-state index in [0.29, 0.717) is 5.91 Å². The molecule has 0 bridgehead atoms. The monoisotopic (exact) mass is 310 g/mol. The lowest BCUT2D eigenvalue weighted by Gasteiger charge is -2.38. The van der Waals surface area contributed by atoms with Crippen LogP contribution in [0.2, 0.25) is 0 Å². The molecule has 1 aromatic carbocycles. The van der Waals surface area contributed by atoms with E-state index >= 15 is 0 Å². The maximum atomic E-state index is 12.3. The fourth-order valence-corrected chi connectivity index (χ4v) is 3.38. The van der Waals surface area contributed by atoms with Gasteiger partial charge in [0.2, 0.25) is 5.91 Å². The number of amides is 1. The van der Waals surface area contributed by atoms with E-state index in [1.807, 2.05) is 42.4 Å². The van der Waals surface area contributed by atoms with Crippen LogP contribution in [-0.2, 0) is 4.79 Å². The number of hydrogen-bond donors (Lipinski definition) is 0. The smallest absolute Gasteiger partial charge is 0.225 e. The topological polar surface area (TPSA) is 49.3 Å². The van der Waals surface area contributed by atoms with Gasteiger partial charge < -0.3 is 9.80 Å². The first-order valence-corrected chi connectivity index (χ1v) is 8.46. The van der Waals surface area contributed by atoms with Gasteiger partial charge in [0, 0.05) is 32.1 Å². The highest BCUT2D eigenvalue weighted by Gasteiger charge is 2.35. The van der Waals surface area contributed by atoms with Gasteiger partial charge in [-0.05, 0) is 37.8 Å². The molecule has 2 aromatic rings. The minimum Gasteiger partial charge on any atom is -0.353 e. The Morgan fingerprint density at radius 3 is 2.78 bits per heavy atom. The Morgan fingerprint density at radius 1 is 1.22 bits per heavy atom. The normalized spacial score (nSPS) is 21.4. The van der Waals surface area contributed by atoms with Gasteiger partial charge in [-0.3, -0.25) is 9.78 Å². The van der Waals surface area contributed by atoms with Crippen molar-refractivity contribution in [1.29, 1.82) is 0 Å². The lowest BCUT2D eigenvalue weighted by molar-refractivity contribution is -0.133. The third-order valence-electron chi connectivity index (χ3n) is 4.98. The fourth-order valence-electron chi connectivity index (χ4n) is 3.38. The summed E-state index contributed by atoms with van der Waals surface area (Å²) >= 11 is 0. The van der Waals surface area contributed by atoms with Crippen LogP contribution in [0, 0.1) is 5.92 Å². The van der Waals surface area contributed by atoms with E-state index in [2.05, 4.69) is 9.88 Å². The van der Waals surface area contributed by atoms with Crippen molar-refractivity contribution in [3.05, 3.63) is 30.5 Å². The van der Waals surface area contributed by atoms with Gasteiger partial charge in [0.15, 0.2) is 0 Å². The van der Waals surface area contributed by atoms with Crippen molar-refractivity contribution >= 4 is 22.8 Å². The predicted molar refractivity (Wildman–Crippen MR) is 90.3 cm³/mol. The standard InChI is InChI=1S/C18H22N4O/c1-21(18(23)13-8-9-13)14-5-4-10-22(12-14)17-11-19-15-6-2-3-7-16(15)20-17/h2-3,6-7,11,13-14H,4-5,8-10,12H2,1H3. The zero-order valence-corrected chi connectivity index (χ0v) is 13.5. The van der Waals surface area contributed by atoms with Crippen LogP contribution in [0.5, 0.6) is 0 Å². The molecule has 2 aliphatic rings. The zero-order chi connectivity index (χ0) is 15.8. The number of likely N-dealkylation sites (N-methyl/N-ethyl adjacent to an activating group) is 1. The summed E-state index contributed by atoms with van der Waals surface area (Å²) in [6.45, 7) is 1.83. The average molecular weight is 310 g/mol. The quantitative estimate of drug-likeness (QED) is 0.874. The average Bonchev–Trinajstić information content (AvgIpc) is 3.45. The fraction of sp³-hybridized carbons (Fsp3) is 0.500. The van der Waals surface area contributed by atoms with Crippen LogP contribution in [0.25, 0.3) is 11.0 Å². The molecule has 0 radical (unpaired) electrons. The molecule has 1 saturated carbocycles. The van der Waals surface area contributed by atoms with Crippen molar-refractivity contribution in [1.82, 2.24) is 14.9 Å². The maximum Gasteiger partial charge on any atom is 0.225 e. The molecule has 4 rings (SSSR count). The molecule has 1 atom stereocenters. The number of aromatic nitrogens is 2. The molecular formula is C18H22N4O. The molecule has 1 aliphatic heterocycles. The second-order valence-corrected chi connectivity index (χ2v) is 6.68. The van der Waals surface area contributed by atoms with Crippen LogP contribution in [0.15, 0.2) is 30.5 Å². The molecule has 5 heteroatoms. The molecule has 120 valence electrons. The van der Waals surface area contributed by atoms with E-state index in [4.69, 9.17) is 4.98 Å². The Hall–Kier alpha value is -2.17. The summed E-state index contributed by atoms with van der Waals surface area (Å²) in [6, 6.07) is 8.22. The van der Waals surface area contributed by atoms with Gasteiger partial charge in [-0.15, -0.1) is 0 Å². The molecule has 1 saturated heterocycles. The Balaban J connectivity index is 1.52. The van der Waals surface area contributed by atoms with E-state index in [1.165, 1.54) is 0 Å². The van der Waals surface area contributed by atoms with Crippen molar-refractivity contribution < 1.29 is 4.79 Å². The molecule has 0 N–H and O–H groups in total. The molecular weight excluding hydrogens is 288 g/mol. The van der Waals surface area contributed by atoms with Crippen molar-refractivity contribution in [3.63, 3.8) is 0 Å². The number of rotatable bonds is 3. The van der Waals surface area contributed by atoms with Gasteiger partial charge in [0.05, 0.1) is 17.2 Å². The molecule has 2 heterocycles. The minimum absolute atomic E-state index is 0.283. The summed E-state index contributed by atoms with van der Waals surface area (Å²) in [7, 11) is 1.96. The molecule has 1 aliphatic carbocycles. The highest BCUT2D eigenvalue weighted by Crippen LogP contribution is 2.32. The molecule has 2 fully saturated rings. The second-order valence-electron chi connectivity index (χ2n) is 6.68. The summed E-state index contributed by atoms with van der Waals surface area (Å²) in [5.41, 5.74) is 1.85. The van der Waals surface area contributed by atoms with Gasteiger partial charge >= 0.3 is 0 Å². The highest BCUT2D eigenvalue weighted by atomic mass is 16.2. The van der Waals surface area contributed by atoms with Crippen LogP contribution < -0.4 is 4.90 Å². The number of carbonyl (C=O) groups is 1. The molecule has 1 unspecified atom stereocenters. The Kier molecular flexibility index (Phi) is 3.63. The van der Waals surface area contributed by atoms with E-state index in [1.54, 1.807) is 0 Å².